The summed E-state index contributed by atoms with van der Waals surface area (Å²) in [5.74, 6) is -0.0547. The number of amides is 2. The molecule has 21 heavy (non-hydrogen) atoms. The second-order valence-corrected chi connectivity index (χ2v) is 6.35. The van der Waals surface area contributed by atoms with Gasteiger partial charge in [0.05, 0.1) is 17.5 Å². The number of imide groups is 1. The van der Waals surface area contributed by atoms with Gasteiger partial charge in [-0.2, -0.15) is 0 Å². The van der Waals surface area contributed by atoms with Crippen molar-refractivity contribution in [2.45, 2.75) is 38.6 Å². The van der Waals surface area contributed by atoms with E-state index in [1.54, 1.807) is 0 Å². The van der Waals surface area contributed by atoms with Crippen molar-refractivity contribution in [2.24, 2.45) is 11.8 Å². The Balaban J connectivity index is 1.76. The lowest BCUT2D eigenvalue weighted by Crippen LogP contribution is -2.34. The lowest BCUT2D eigenvalue weighted by molar-refractivity contribution is -0.122. The fraction of sp³-hybridized carbons (Fsp3) is 0.529. The molecule has 2 fully saturated rings. The van der Waals surface area contributed by atoms with Crippen molar-refractivity contribution in [3.05, 3.63) is 29.3 Å². The highest BCUT2D eigenvalue weighted by molar-refractivity contribution is 6.22. The maximum Gasteiger partial charge on any atom is 0.237 e. The Morgan fingerprint density at radius 1 is 1.05 bits per heavy atom. The monoisotopic (exact) mass is 284 g/mol. The summed E-state index contributed by atoms with van der Waals surface area (Å²) < 4.78 is 0. The molecule has 1 saturated heterocycles. The fourth-order valence-electron chi connectivity index (χ4n) is 4.12. The van der Waals surface area contributed by atoms with Crippen LogP contribution in [0.2, 0.25) is 0 Å². The Labute approximate surface area is 124 Å². The van der Waals surface area contributed by atoms with Gasteiger partial charge in [0.25, 0.3) is 0 Å². The molecule has 2 heterocycles. The summed E-state index contributed by atoms with van der Waals surface area (Å²) in [5.41, 5.74) is 3.24. The van der Waals surface area contributed by atoms with E-state index in [-0.39, 0.29) is 23.7 Å². The molecule has 1 N–H and O–H groups in total. The maximum absolute atomic E-state index is 12.7. The summed E-state index contributed by atoms with van der Waals surface area (Å²) in [6.45, 7) is 1.74. The summed E-state index contributed by atoms with van der Waals surface area (Å²) in [4.78, 5) is 27.0. The first-order valence-electron chi connectivity index (χ1n) is 7.96. The molecule has 0 aromatic heterocycles. The van der Waals surface area contributed by atoms with Gasteiger partial charge in [-0.1, -0.05) is 25.0 Å². The van der Waals surface area contributed by atoms with Crippen LogP contribution in [-0.2, 0) is 22.6 Å². The van der Waals surface area contributed by atoms with Crippen LogP contribution < -0.4 is 10.2 Å². The van der Waals surface area contributed by atoms with E-state index in [1.165, 1.54) is 16.0 Å². The first-order valence-corrected chi connectivity index (χ1v) is 7.96. The lowest BCUT2D eigenvalue weighted by Gasteiger charge is -2.24. The summed E-state index contributed by atoms with van der Waals surface area (Å²) in [7, 11) is 0. The standard InChI is InChI=1S/C17H20N2O2/c20-16-13-5-1-2-6-14(13)17(21)19(16)15-7-3-4-11-10-18-9-8-12(11)15/h3-4,7,13-14,18H,1-2,5-6,8-10H2. The number of anilines is 1. The smallest absolute Gasteiger partial charge is 0.237 e. The average molecular weight is 284 g/mol. The van der Waals surface area contributed by atoms with Crippen molar-refractivity contribution >= 4 is 17.5 Å². The molecule has 4 nitrogen and oxygen atoms in total. The van der Waals surface area contributed by atoms with Crippen molar-refractivity contribution in [1.29, 1.82) is 0 Å². The molecule has 2 atom stereocenters. The zero-order valence-electron chi connectivity index (χ0n) is 12.1. The molecule has 0 spiro atoms. The van der Waals surface area contributed by atoms with Crippen molar-refractivity contribution < 1.29 is 9.59 Å². The van der Waals surface area contributed by atoms with Crippen molar-refractivity contribution in [1.82, 2.24) is 5.32 Å². The summed E-state index contributed by atoms with van der Waals surface area (Å²) in [6.07, 6.45) is 4.79. The predicted octanol–water partition coefficient (Wildman–Crippen LogP) is 2.01. The second kappa shape index (κ2) is 4.95. The van der Waals surface area contributed by atoms with Crippen LogP contribution in [0.25, 0.3) is 0 Å². The number of nitrogens with zero attached hydrogens (tertiary/aromatic N) is 1. The number of benzene rings is 1. The number of fused-ring (bicyclic) bond motifs is 2. The third-order valence-corrected chi connectivity index (χ3v) is 5.20. The highest BCUT2D eigenvalue weighted by Crippen LogP contribution is 2.41. The van der Waals surface area contributed by atoms with Crippen LogP contribution in [0, 0.1) is 11.8 Å². The molecule has 2 unspecified atom stereocenters. The molecule has 1 aliphatic carbocycles. The minimum Gasteiger partial charge on any atom is -0.312 e. The molecule has 1 aromatic rings. The molecular formula is C17H20N2O2. The van der Waals surface area contributed by atoms with E-state index in [9.17, 15) is 9.59 Å². The van der Waals surface area contributed by atoms with Gasteiger partial charge in [0, 0.05) is 6.54 Å². The van der Waals surface area contributed by atoms with Crippen molar-refractivity contribution in [3.8, 4) is 0 Å². The Morgan fingerprint density at radius 2 is 1.76 bits per heavy atom. The van der Waals surface area contributed by atoms with Crippen molar-refractivity contribution in [3.63, 3.8) is 0 Å². The number of carbonyl (C=O) groups excluding carboxylic acids is 2. The average Bonchev–Trinajstić information content (AvgIpc) is 2.79. The van der Waals surface area contributed by atoms with Crippen LogP contribution in [0.5, 0.6) is 0 Å². The first-order chi connectivity index (χ1) is 10.3. The van der Waals surface area contributed by atoms with Gasteiger partial charge >= 0.3 is 0 Å². The minimum absolute atomic E-state index is 0.0385. The Kier molecular flexibility index (Phi) is 3.07. The molecule has 0 bridgehead atoms. The quantitative estimate of drug-likeness (QED) is 0.803. The molecule has 0 radical (unpaired) electrons. The maximum atomic E-state index is 12.7. The van der Waals surface area contributed by atoms with E-state index in [2.05, 4.69) is 11.4 Å². The second-order valence-electron chi connectivity index (χ2n) is 6.35. The zero-order chi connectivity index (χ0) is 14.4. The topological polar surface area (TPSA) is 49.4 Å². The molecule has 3 aliphatic rings. The fourth-order valence-corrected chi connectivity index (χ4v) is 4.12. The van der Waals surface area contributed by atoms with E-state index in [4.69, 9.17) is 0 Å². The van der Waals surface area contributed by atoms with Gasteiger partial charge in [0.2, 0.25) is 11.8 Å². The van der Waals surface area contributed by atoms with Crippen molar-refractivity contribution in [2.75, 3.05) is 11.4 Å². The molecule has 1 aromatic carbocycles. The summed E-state index contributed by atoms with van der Waals surface area (Å²) in [6, 6.07) is 5.99. The SMILES string of the molecule is O=C1C2CCCCC2C(=O)N1c1cccc2c1CCNC2. The predicted molar refractivity (Wildman–Crippen MR) is 79.8 cm³/mol. The number of hydrogen-bond acceptors (Lipinski definition) is 3. The molecule has 1 saturated carbocycles. The van der Waals surface area contributed by atoms with Crippen LogP contribution >= 0.6 is 0 Å². The van der Waals surface area contributed by atoms with Gasteiger partial charge in [-0.3, -0.25) is 9.59 Å². The van der Waals surface area contributed by atoms with Crippen LogP contribution in [0.3, 0.4) is 0 Å². The van der Waals surface area contributed by atoms with E-state index in [0.717, 1.165) is 50.9 Å². The zero-order valence-corrected chi connectivity index (χ0v) is 12.1. The van der Waals surface area contributed by atoms with Gasteiger partial charge in [0.1, 0.15) is 0 Å². The molecular weight excluding hydrogens is 264 g/mol. The Bertz CT molecular complexity index is 587. The largest absolute Gasteiger partial charge is 0.312 e. The third-order valence-electron chi connectivity index (χ3n) is 5.20. The van der Waals surface area contributed by atoms with E-state index >= 15 is 0 Å². The van der Waals surface area contributed by atoms with Gasteiger partial charge in [-0.15, -0.1) is 0 Å². The number of rotatable bonds is 1. The van der Waals surface area contributed by atoms with E-state index in [0.29, 0.717) is 0 Å². The third kappa shape index (κ3) is 1.93. The summed E-state index contributed by atoms with van der Waals surface area (Å²) in [5, 5.41) is 3.34. The van der Waals surface area contributed by atoms with E-state index in [1.807, 2.05) is 12.1 Å². The minimum atomic E-state index is -0.0659. The lowest BCUT2D eigenvalue weighted by atomic mass is 9.81. The molecule has 2 amide bonds. The molecule has 110 valence electrons. The number of hydrogen-bond donors (Lipinski definition) is 1. The van der Waals surface area contributed by atoms with Crippen LogP contribution in [0.4, 0.5) is 5.69 Å². The van der Waals surface area contributed by atoms with Gasteiger partial charge in [-0.05, 0) is 43.0 Å². The Hall–Kier alpha value is -1.68. The highest BCUT2D eigenvalue weighted by Gasteiger charge is 2.49. The molecule has 2 aliphatic heterocycles. The van der Waals surface area contributed by atoms with Gasteiger partial charge < -0.3 is 5.32 Å². The molecule has 4 heteroatoms. The van der Waals surface area contributed by atoms with Gasteiger partial charge in [-0.25, -0.2) is 4.90 Å². The normalized spacial score (nSPS) is 28.5. The van der Waals surface area contributed by atoms with Gasteiger partial charge in [0.15, 0.2) is 0 Å². The Morgan fingerprint density at radius 3 is 2.48 bits per heavy atom. The summed E-state index contributed by atoms with van der Waals surface area (Å²) >= 11 is 0. The van der Waals surface area contributed by atoms with Crippen LogP contribution in [-0.4, -0.2) is 18.4 Å². The molecule has 4 rings (SSSR count). The van der Waals surface area contributed by atoms with Crippen LogP contribution in [0.1, 0.15) is 36.8 Å². The number of carbonyl (C=O) groups is 2. The van der Waals surface area contributed by atoms with Crippen LogP contribution in [0.15, 0.2) is 18.2 Å². The highest BCUT2D eigenvalue weighted by atomic mass is 16.2. The first kappa shape index (κ1) is 13.0. The number of nitrogens with one attached hydrogen (secondary N) is 1. The van der Waals surface area contributed by atoms with E-state index < -0.39 is 0 Å².